The normalized spacial score (nSPS) is 27.7. The van der Waals surface area contributed by atoms with Crippen molar-refractivity contribution in [2.75, 3.05) is 33.1 Å². The van der Waals surface area contributed by atoms with Crippen molar-refractivity contribution in [3.63, 3.8) is 0 Å². The molecule has 1 aliphatic carbocycles. The smallest absolute Gasteiger partial charge is 0.249 e. The molecule has 0 aromatic carbocycles. The first-order valence-electron chi connectivity index (χ1n) is 8.84. The molecular formula is C17H28N2O4S. The molecule has 3 rings (SSSR count). The van der Waals surface area contributed by atoms with Gasteiger partial charge in [0.25, 0.3) is 0 Å². The van der Waals surface area contributed by atoms with Gasteiger partial charge in [-0.2, -0.15) is 4.31 Å². The van der Waals surface area contributed by atoms with Crippen LogP contribution in [0.5, 0.6) is 0 Å². The molecule has 2 heterocycles. The van der Waals surface area contributed by atoms with E-state index in [1.54, 1.807) is 11.4 Å². The topological polar surface area (TPSA) is 66.9 Å². The summed E-state index contributed by atoms with van der Waals surface area (Å²) in [5.41, 5.74) is 0.604. The number of amides is 1. The zero-order valence-electron chi connectivity index (χ0n) is 14.7. The van der Waals surface area contributed by atoms with E-state index in [2.05, 4.69) is 6.08 Å². The summed E-state index contributed by atoms with van der Waals surface area (Å²) in [6, 6.07) is -0.0789. The van der Waals surface area contributed by atoms with Crippen LogP contribution < -0.4 is 0 Å². The van der Waals surface area contributed by atoms with E-state index in [0.717, 1.165) is 50.5 Å². The first-order valence-corrected chi connectivity index (χ1v) is 10.7. The lowest BCUT2D eigenvalue weighted by atomic mass is 9.86. The number of nitrogens with zero attached hydrogens (tertiary/aromatic N) is 2. The minimum absolute atomic E-state index is 0.0789. The van der Waals surface area contributed by atoms with Gasteiger partial charge in [-0.25, -0.2) is 8.42 Å². The van der Waals surface area contributed by atoms with Gasteiger partial charge in [-0.1, -0.05) is 6.08 Å². The van der Waals surface area contributed by atoms with Crippen molar-refractivity contribution in [1.82, 2.24) is 9.21 Å². The largest absolute Gasteiger partial charge is 0.383 e. The van der Waals surface area contributed by atoms with E-state index in [1.807, 2.05) is 4.90 Å². The standard InChI is InChI=1S/C17H28N2O4S/c1-23-13-15-7-8-17(19(15)24(2,21)22)9-11-18(12-10-17)16(20)14-5-3-4-6-14/h5,15H,3-4,6-13H2,1-2H3. The maximum Gasteiger partial charge on any atom is 0.249 e. The van der Waals surface area contributed by atoms with Crippen LogP contribution in [0.2, 0.25) is 0 Å². The quantitative estimate of drug-likeness (QED) is 0.766. The lowest BCUT2D eigenvalue weighted by Crippen LogP contribution is -2.57. The van der Waals surface area contributed by atoms with Crippen LogP contribution >= 0.6 is 0 Å². The summed E-state index contributed by atoms with van der Waals surface area (Å²) in [6.45, 7) is 1.72. The molecule has 1 unspecified atom stereocenters. The number of carbonyl (C=O) groups excluding carboxylic acids is 1. The number of sulfonamides is 1. The van der Waals surface area contributed by atoms with Crippen molar-refractivity contribution in [1.29, 1.82) is 0 Å². The fourth-order valence-corrected chi connectivity index (χ4v) is 6.37. The van der Waals surface area contributed by atoms with Crippen LogP contribution in [0, 0.1) is 0 Å². The predicted octanol–water partition coefficient (Wildman–Crippen LogP) is 1.53. The first kappa shape index (κ1) is 17.9. The average molecular weight is 356 g/mol. The van der Waals surface area contributed by atoms with Gasteiger partial charge in [0.2, 0.25) is 15.9 Å². The Morgan fingerprint density at radius 1 is 1.33 bits per heavy atom. The number of methoxy groups -OCH3 is 1. The van der Waals surface area contributed by atoms with Crippen molar-refractivity contribution in [3.05, 3.63) is 11.6 Å². The molecule has 24 heavy (non-hydrogen) atoms. The molecule has 2 fully saturated rings. The van der Waals surface area contributed by atoms with Crippen molar-refractivity contribution in [3.8, 4) is 0 Å². The van der Waals surface area contributed by atoms with E-state index in [0.29, 0.717) is 19.7 Å². The maximum atomic E-state index is 12.6. The molecule has 0 aromatic rings. The fourth-order valence-electron chi connectivity index (χ4n) is 4.68. The Morgan fingerprint density at radius 3 is 2.58 bits per heavy atom. The summed E-state index contributed by atoms with van der Waals surface area (Å²) in [4.78, 5) is 14.5. The van der Waals surface area contributed by atoms with E-state index >= 15 is 0 Å². The zero-order valence-corrected chi connectivity index (χ0v) is 15.5. The van der Waals surface area contributed by atoms with E-state index in [1.165, 1.54) is 6.26 Å². The zero-order chi connectivity index (χ0) is 17.4. The van der Waals surface area contributed by atoms with Crippen LogP contribution in [0.4, 0.5) is 0 Å². The van der Waals surface area contributed by atoms with E-state index < -0.39 is 10.0 Å². The summed E-state index contributed by atoms with van der Waals surface area (Å²) >= 11 is 0. The molecule has 6 nitrogen and oxygen atoms in total. The molecule has 2 aliphatic heterocycles. The van der Waals surface area contributed by atoms with Gasteiger partial charge in [-0.3, -0.25) is 4.79 Å². The maximum absolute atomic E-state index is 12.6. The Labute approximate surface area is 144 Å². The highest BCUT2D eigenvalue weighted by atomic mass is 32.2. The molecule has 1 atom stereocenters. The number of piperidine rings is 1. The third kappa shape index (κ3) is 3.26. The van der Waals surface area contributed by atoms with Gasteiger partial charge in [0.1, 0.15) is 0 Å². The first-order chi connectivity index (χ1) is 11.4. The van der Waals surface area contributed by atoms with Crippen molar-refractivity contribution >= 4 is 15.9 Å². The third-order valence-electron chi connectivity index (χ3n) is 5.76. The van der Waals surface area contributed by atoms with Gasteiger partial charge in [-0.05, 0) is 44.9 Å². The molecule has 1 amide bonds. The van der Waals surface area contributed by atoms with Crippen LogP contribution in [0.3, 0.4) is 0 Å². The second-order valence-corrected chi connectivity index (χ2v) is 9.20. The Kier molecular flexibility index (Phi) is 5.04. The Hall–Kier alpha value is -0.920. The van der Waals surface area contributed by atoms with Crippen LogP contribution in [-0.2, 0) is 19.6 Å². The van der Waals surface area contributed by atoms with Crippen molar-refractivity contribution in [2.45, 2.75) is 56.5 Å². The molecule has 0 bridgehead atoms. The molecule has 136 valence electrons. The van der Waals surface area contributed by atoms with Crippen molar-refractivity contribution < 1.29 is 17.9 Å². The van der Waals surface area contributed by atoms with Crippen LogP contribution in [-0.4, -0.2) is 68.2 Å². The minimum Gasteiger partial charge on any atom is -0.383 e. The lowest BCUT2D eigenvalue weighted by Gasteiger charge is -2.45. The number of allylic oxidation sites excluding steroid dienone is 1. The monoisotopic (exact) mass is 356 g/mol. The SMILES string of the molecule is COCC1CCC2(CCN(C(=O)C3=CCCC3)CC2)N1S(C)(=O)=O. The molecular weight excluding hydrogens is 328 g/mol. The van der Waals surface area contributed by atoms with Crippen LogP contribution in [0.15, 0.2) is 11.6 Å². The predicted molar refractivity (Wildman–Crippen MR) is 92.1 cm³/mol. The third-order valence-corrected chi connectivity index (χ3v) is 7.16. The molecule has 2 saturated heterocycles. The molecule has 0 radical (unpaired) electrons. The highest BCUT2D eigenvalue weighted by Crippen LogP contribution is 2.43. The second-order valence-electron chi connectivity index (χ2n) is 7.34. The fraction of sp³-hybridized carbons (Fsp3) is 0.824. The number of rotatable bonds is 4. The van der Waals surface area contributed by atoms with Gasteiger partial charge in [0.05, 0.1) is 12.9 Å². The average Bonchev–Trinajstić information content (AvgIpc) is 3.16. The summed E-state index contributed by atoms with van der Waals surface area (Å²) in [5.74, 6) is 0.152. The minimum atomic E-state index is -3.30. The summed E-state index contributed by atoms with van der Waals surface area (Å²) < 4.78 is 31.7. The number of hydrogen-bond acceptors (Lipinski definition) is 4. The van der Waals surface area contributed by atoms with Gasteiger partial charge < -0.3 is 9.64 Å². The van der Waals surface area contributed by atoms with E-state index in [4.69, 9.17) is 4.74 Å². The molecule has 7 heteroatoms. The van der Waals surface area contributed by atoms with E-state index in [9.17, 15) is 13.2 Å². The van der Waals surface area contributed by atoms with Gasteiger partial charge >= 0.3 is 0 Å². The molecule has 0 aromatic heterocycles. The van der Waals surface area contributed by atoms with E-state index in [-0.39, 0.29) is 17.5 Å². The second kappa shape index (κ2) is 6.77. The molecule has 0 saturated carbocycles. The highest BCUT2D eigenvalue weighted by Gasteiger charge is 2.52. The summed E-state index contributed by atoms with van der Waals surface area (Å²) in [5, 5.41) is 0. The van der Waals surface area contributed by atoms with Gasteiger partial charge in [0.15, 0.2) is 0 Å². The Morgan fingerprint density at radius 2 is 2.04 bits per heavy atom. The Balaban J connectivity index is 1.72. The molecule has 1 spiro atoms. The number of ether oxygens (including phenoxy) is 1. The Bertz CT molecular complexity index is 621. The molecule has 3 aliphatic rings. The van der Waals surface area contributed by atoms with Crippen LogP contribution in [0.25, 0.3) is 0 Å². The number of carbonyl (C=O) groups is 1. The van der Waals surface area contributed by atoms with Crippen molar-refractivity contribution in [2.24, 2.45) is 0 Å². The number of hydrogen-bond donors (Lipinski definition) is 0. The molecule has 0 N–H and O–H groups in total. The van der Waals surface area contributed by atoms with Crippen LogP contribution in [0.1, 0.15) is 44.9 Å². The summed E-state index contributed by atoms with van der Waals surface area (Å²) in [7, 11) is -1.68. The highest BCUT2D eigenvalue weighted by molar-refractivity contribution is 7.88. The van der Waals surface area contributed by atoms with Gasteiger partial charge in [-0.15, -0.1) is 0 Å². The van der Waals surface area contributed by atoms with Gasteiger partial charge in [0, 0.05) is 37.4 Å². The lowest BCUT2D eigenvalue weighted by molar-refractivity contribution is -0.129. The summed E-state index contributed by atoms with van der Waals surface area (Å²) in [6.07, 6.45) is 9.44. The number of likely N-dealkylation sites (tertiary alicyclic amines) is 1.